The number of esters is 1. The molecule has 4 rings (SSSR count). The molecule has 0 spiro atoms. The number of nitrogens with zero attached hydrogens (tertiary/aromatic N) is 2. The molecule has 0 saturated carbocycles. The lowest BCUT2D eigenvalue weighted by Gasteiger charge is -2.34. The van der Waals surface area contributed by atoms with Crippen LogP contribution in [0.2, 0.25) is 0 Å². The number of hydrogen-bond donors (Lipinski definition) is 1. The molecule has 9 nitrogen and oxygen atoms in total. The Labute approximate surface area is 179 Å². The average Bonchev–Trinajstić information content (AvgIpc) is 3.24. The van der Waals surface area contributed by atoms with E-state index in [9.17, 15) is 14.4 Å². The van der Waals surface area contributed by atoms with Crippen molar-refractivity contribution in [3.8, 4) is 0 Å². The maximum Gasteiger partial charge on any atom is 0.415 e. The predicted octanol–water partition coefficient (Wildman–Crippen LogP) is 2.34. The number of hydrogen-bond acceptors (Lipinski definition) is 7. The van der Waals surface area contributed by atoms with Gasteiger partial charge in [0.1, 0.15) is 18.8 Å². The predicted molar refractivity (Wildman–Crippen MR) is 110 cm³/mol. The van der Waals surface area contributed by atoms with Gasteiger partial charge in [0.2, 0.25) is 0 Å². The van der Waals surface area contributed by atoms with Gasteiger partial charge in [0.05, 0.1) is 25.4 Å². The fourth-order valence-corrected chi connectivity index (χ4v) is 4.41. The first-order valence-corrected chi connectivity index (χ1v) is 9.74. The molecule has 3 atom stereocenters. The van der Waals surface area contributed by atoms with Crippen molar-refractivity contribution >= 4 is 23.8 Å². The lowest BCUT2D eigenvalue weighted by molar-refractivity contribution is -0.150. The van der Waals surface area contributed by atoms with Gasteiger partial charge in [-0.3, -0.25) is 9.80 Å². The molecule has 2 aliphatic heterocycles. The van der Waals surface area contributed by atoms with Gasteiger partial charge < -0.3 is 19.9 Å². The number of methoxy groups -OCH3 is 2. The topological polar surface area (TPSA) is 111 Å². The Morgan fingerprint density at radius 2 is 1.65 bits per heavy atom. The van der Waals surface area contributed by atoms with Crippen molar-refractivity contribution in [3.63, 3.8) is 0 Å². The number of fused-ring (bicyclic) bond motifs is 3. The summed E-state index contributed by atoms with van der Waals surface area (Å²) in [6.07, 6.45) is -2.43. The third-order valence-electron chi connectivity index (χ3n) is 5.75. The molecular weight excluding hydrogens is 402 g/mol. The zero-order valence-corrected chi connectivity index (χ0v) is 17.2. The van der Waals surface area contributed by atoms with E-state index in [0.29, 0.717) is 11.3 Å². The van der Waals surface area contributed by atoms with Crippen molar-refractivity contribution in [2.75, 3.05) is 19.1 Å². The molecule has 2 N–H and O–H groups in total. The molecule has 0 aromatic heterocycles. The number of likely N-dealkylation sites (tertiary alicyclic amines) is 1. The van der Waals surface area contributed by atoms with Crippen molar-refractivity contribution in [2.45, 2.75) is 30.8 Å². The van der Waals surface area contributed by atoms with Gasteiger partial charge in [0.15, 0.2) is 0 Å². The van der Waals surface area contributed by atoms with Crippen LogP contribution in [-0.4, -0.2) is 49.5 Å². The van der Waals surface area contributed by atoms with E-state index >= 15 is 0 Å². The molecule has 1 saturated heterocycles. The molecule has 2 aromatic carbocycles. The molecule has 0 aliphatic carbocycles. The Hall–Kier alpha value is -3.59. The number of carbonyl (C=O) groups is 3. The lowest BCUT2D eigenvalue weighted by atomic mass is 9.88. The summed E-state index contributed by atoms with van der Waals surface area (Å²) in [5.41, 5.74) is 7.54. The van der Waals surface area contributed by atoms with Crippen LogP contribution >= 0.6 is 0 Å². The fourth-order valence-electron chi connectivity index (χ4n) is 4.41. The van der Waals surface area contributed by atoms with Gasteiger partial charge in [-0.1, -0.05) is 48.5 Å². The van der Waals surface area contributed by atoms with Gasteiger partial charge in [-0.2, -0.15) is 0 Å². The summed E-state index contributed by atoms with van der Waals surface area (Å²) in [7, 11) is 2.44. The van der Waals surface area contributed by atoms with Crippen LogP contribution in [0.1, 0.15) is 17.5 Å². The Bertz CT molecular complexity index is 1010. The largest absolute Gasteiger partial charge is 0.459 e. The molecule has 2 heterocycles. The number of ether oxygens (including phenoxy) is 3. The summed E-state index contributed by atoms with van der Waals surface area (Å²) in [6.45, 7) is 0.0464. The maximum atomic E-state index is 13.0. The van der Waals surface area contributed by atoms with Crippen molar-refractivity contribution in [1.29, 1.82) is 0 Å². The van der Waals surface area contributed by atoms with Gasteiger partial charge in [-0.15, -0.1) is 0 Å². The van der Waals surface area contributed by atoms with Gasteiger partial charge in [-0.25, -0.2) is 14.4 Å². The van der Waals surface area contributed by atoms with Crippen molar-refractivity contribution in [1.82, 2.24) is 4.90 Å². The van der Waals surface area contributed by atoms with Crippen LogP contribution in [0.5, 0.6) is 0 Å². The molecule has 31 heavy (non-hydrogen) atoms. The molecule has 0 radical (unpaired) electrons. The summed E-state index contributed by atoms with van der Waals surface area (Å²) in [5.74, 6) is -0.629. The molecule has 2 aromatic rings. The highest BCUT2D eigenvalue weighted by atomic mass is 16.6. The van der Waals surface area contributed by atoms with Crippen LogP contribution in [0.15, 0.2) is 54.6 Å². The second kappa shape index (κ2) is 7.92. The molecule has 0 unspecified atom stereocenters. The highest BCUT2D eigenvalue weighted by Crippen LogP contribution is 2.51. The van der Waals surface area contributed by atoms with Gasteiger partial charge >= 0.3 is 18.2 Å². The highest BCUT2D eigenvalue weighted by molar-refractivity contribution is 5.95. The van der Waals surface area contributed by atoms with Crippen LogP contribution in [0.25, 0.3) is 0 Å². The van der Waals surface area contributed by atoms with E-state index in [1.807, 2.05) is 30.3 Å². The van der Waals surface area contributed by atoms with Crippen molar-refractivity contribution in [3.05, 3.63) is 65.7 Å². The SMILES string of the molecule is COC(=O)N1c2ccccc2[C@@]2(N)C[C@@H](C(=O)OCc3ccccc3)N(C(=O)OC)[C@@H]12. The first kappa shape index (κ1) is 20.7. The first-order valence-electron chi connectivity index (χ1n) is 9.74. The fraction of sp³-hybridized carbons (Fsp3) is 0.318. The van der Waals surface area contributed by atoms with Crippen LogP contribution in [0.3, 0.4) is 0 Å². The van der Waals surface area contributed by atoms with E-state index in [1.54, 1.807) is 24.3 Å². The Morgan fingerprint density at radius 3 is 2.32 bits per heavy atom. The summed E-state index contributed by atoms with van der Waals surface area (Å²) in [6, 6.07) is 15.2. The monoisotopic (exact) mass is 425 g/mol. The number of rotatable bonds is 3. The van der Waals surface area contributed by atoms with Crippen LogP contribution in [0.4, 0.5) is 15.3 Å². The lowest BCUT2D eigenvalue weighted by Crippen LogP contribution is -2.58. The van der Waals surface area contributed by atoms with E-state index < -0.39 is 35.9 Å². The summed E-state index contributed by atoms with van der Waals surface area (Å²) < 4.78 is 15.4. The Morgan fingerprint density at radius 1 is 1.00 bits per heavy atom. The number of benzene rings is 2. The summed E-state index contributed by atoms with van der Waals surface area (Å²) >= 11 is 0. The standard InChI is InChI=1S/C22H23N3O6/c1-29-20(27)24-16-11-7-6-10-15(16)22(23)12-17(25(19(22)24)21(28)30-2)18(26)31-13-14-8-4-3-5-9-14/h3-11,17,19H,12-13,23H2,1-2H3/t17-,19+,22-/m0/s1. The summed E-state index contributed by atoms with van der Waals surface area (Å²) in [4.78, 5) is 40.9. The second-order valence-corrected chi connectivity index (χ2v) is 7.46. The zero-order valence-electron chi connectivity index (χ0n) is 17.2. The van der Waals surface area contributed by atoms with Crippen LogP contribution < -0.4 is 10.6 Å². The molecule has 9 heteroatoms. The quantitative estimate of drug-likeness (QED) is 0.593. The van der Waals surface area contributed by atoms with Crippen molar-refractivity contribution < 1.29 is 28.6 Å². The average molecular weight is 425 g/mol. The van der Waals surface area contributed by atoms with Gasteiger partial charge in [-0.05, 0) is 11.6 Å². The van der Waals surface area contributed by atoms with Crippen LogP contribution in [-0.2, 0) is 31.2 Å². The van der Waals surface area contributed by atoms with Gasteiger partial charge in [0, 0.05) is 12.0 Å². The number of carbonyl (C=O) groups excluding carboxylic acids is 3. The van der Waals surface area contributed by atoms with Gasteiger partial charge in [0.25, 0.3) is 0 Å². The third kappa shape index (κ3) is 3.27. The smallest absolute Gasteiger partial charge is 0.415 e. The Balaban J connectivity index is 1.70. The number of para-hydroxylation sites is 1. The van der Waals surface area contributed by atoms with Crippen molar-refractivity contribution in [2.24, 2.45) is 5.73 Å². The highest BCUT2D eigenvalue weighted by Gasteiger charge is 2.64. The number of amides is 2. The molecule has 2 aliphatic rings. The minimum atomic E-state index is -1.20. The molecule has 2 amide bonds. The zero-order chi connectivity index (χ0) is 22.2. The first-order chi connectivity index (χ1) is 14.9. The summed E-state index contributed by atoms with van der Waals surface area (Å²) in [5, 5.41) is 0. The van der Waals surface area contributed by atoms with E-state index in [-0.39, 0.29) is 13.0 Å². The normalized spacial score (nSPS) is 23.7. The minimum absolute atomic E-state index is 0.0464. The van der Waals surface area contributed by atoms with E-state index in [1.165, 1.54) is 24.0 Å². The Kier molecular flexibility index (Phi) is 5.28. The van der Waals surface area contributed by atoms with E-state index in [0.717, 1.165) is 5.56 Å². The minimum Gasteiger partial charge on any atom is -0.459 e. The molecular formula is C22H23N3O6. The number of anilines is 1. The maximum absolute atomic E-state index is 13.0. The third-order valence-corrected chi connectivity index (χ3v) is 5.75. The van der Waals surface area contributed by atoms with E-state index in [4.69, 9.17) is 19.9 Å². The molecule has 162 valence electrons. The van der Waals surface area contributed by atoms with Crippen LogP contribution in [0, 0.1) is 0 Å². The van der Waals surface area contributed by atoms with E-state index in [2.05, 4.69) is 0 Å². The molecule has 1 fully saturated rings. The second-order valence-electron chi connectivity index (χ2n) is 7.46. The number of nitrogens with two attached hydrogens (primary N) is 1. The molecule has 0 bridgehead atoms.